The number of hydrogen-bond acceptors (Lipinski definition) is 5. The number of sulfonamides is 1. The Balaban J connectivity index is 1.69. The van der Waals surface area contributed by atoms with Crippen molar-refractivity contribution in [1.29, 1.82) is 0 Å². The molecule has 0 fully saturated rings. The normalized spacial score (nSPS) is 18.5. The number of fused-ring (bicyclic) bond motifs is 1. The molecule has 2 heterocycles. The molecule has 6 nitrogen and oxygen atoms in total. The summed E-state index contributed by atoms with van der Waals surface area (Å²) >= 11 is 8.31. The molecule has 31 heavy (non-hydrogen) atoms. The van der Waals surface area contributed by atoms with Crippen LogP contribution in [0.2, 0.25) is 0 Å². The van der Waals surface area contributed by atoms with Gasteiger partial charge in [0.25, 0.3) is 10.0 Å². The van der Waals surface area contributed by atoms with E-state index in [2.05, 4.69) is 42.3 Å². The molecule has 0 saturated carbocycles. The van der Waals surface area contributed by atoms with Crippen molar-refractivity contribution in [2.45, 2.75) is 24.0 Å². The molecular weight excluding hydrogens is 554 g/mol. The number of alkyl halides is 1. The number of nitrogens with zero attached hydrogens (tertiary/aromatic N) is 3. The minimum Gasteiger partial charge on any atom is -0.263 e. The Hall–Kier alpha value is -2.11. The highest BCUT2D eigenvalue weighted by molar-refractivity contribution is 14.1. The van der Waals surface area contributed by atoms with Crippen LogP contribution in [0.15, 0.2) is 54.9 Å². The van der Waals surface area contributed by atoms with Gasteiger partial charge in [-0.1, -0.05) is 36.8 Å². The van der Waals surface area contributed by atoms with Crippen LogP contribution >= 0.6 is 34.2 Å². The fourth-order valence-electron chi connectivity index (χ4n) is 3.29. The first-order chi connectivity index (χ1) is 14.7. The second-order valence-electron chi connectivity index (χ2n) is 7.00. The molecule has 3 aromatic rings. The molecule has 0 amide bonds. The minimum atomic E-state index is -4.12. The zero-order valence-electron chi connectivity index (χ0n) is 16.3. The molecule has 4 rings (SSSR count). The molecule has 0 spiro atoms. The van der Waals surface area contributed by atoms with Crippen LogP contribution in [0, 0.1) is 9.65 Å². The third kappa shape index (κ3) is 4.31. The maximum atomic E-state index is 14.8. The van der Waals surface area contributed by atoms with Crippen molar-refractivity contribution in [3.05, 3.63) is 70.1 Å². The molecule has 1 aliphatic carbocycles. The topological polar surface area (TPSA) is 84.8 Å². The van der Waals surface area contributed by atoms with Gasteiger partial charge in [-0.15, -0.1) is 0 Å². The van der Waals surface area contributed by atoms with Gasteiger partial charge in [-0.3, -0.25) is 4.72 Å². The zero-order chi connectivity index (χ0) is 22.2. The van der Waals surface area contributed by atoms with E-state index < -0.39 is 25.9 Å². The van der Waals surface area contributed by atoms with Crippen molar-refractivity contribution in [1.82, 2.24) is 15.0 Å². The maximum Gasteiger partial charge on any atom is 0.257 e. The van der Waals surface area contributed by atoms with Crippen LogP contribution in [-0.2, 0) is 16.4 Å². The number of allylic oxidation sites excluding steroid dienone is 3. The number of anilines is 1. The highest BCUT2D eigenvalue weighted by Gasteiger charge is 2.40. The van der Waals surface area contributed by atoms with Gasteiger partial charge in [0.1, 0.15) is 0 Å². The van der Waals surface area contributed by atoms with Gasteiger partial charge >= 0.3 is 0 Å². The largest absolute Gasteiger partial charge is 0.263 e. The van der Waals surface area contributed by atoms with E-state index in [-0.39, 0.29) is 6.42 Å². The second-order valence-corrected chi connectivity index (χ2v) is 10.8. The number of pyridine rings is 1. The number of hydrogen-bond donors (Lipinski definition) is 1. The van der Waals surface area contributed by atoms with Crippen molar-refractivity contribution in [3.63, 3.8) is 0 Å². The van der Waals surface area contributed by atoms with E-state index in [1.807, 2.05) is 19.1 Å². The third-order valence-electron chi connectivity index (χ3n) is 4.95. The highest BCUT2D eigenvalue weighted by atomic mass is 127. The lowest BCUT2D eigenvalue weighted by atomic mass is 10.00. The standard InChI is InChI=1S/C21H17ClFIN4O2S/c1-2-13-8-14(9-16-12-26-20(24)27-18(13)16)15-10-17(23)19(25-11-15)28-31(29,30)21(22)6-4-3-5-7-21/h3-6,8-12H,2,7H2,1H3,(H,25,28). The predicted octanol–water partition coefficient (Wildman–Crippen LogP) is 5.19. The van der Waals surface area contributed by atoms with Crippen LogP contribution in [0.4, 0.5) is 10.2 Å². The monoisotopic (exact) mass is 570 g/mol. The van der Waals surface area contributed by atoms with E-state index in [4.69, 9.17) is 11.6 Å². The summed E-state index contributed by atoms with van der Waals surface area (Å²) < 4.78 is 41.3. The van der Waals surface area contributed by atoms with Crippen LogP contribution in [0.3, 0.4) is 0 Å². The first-order valence-corrected chi connectivity index (χ1v) is 12.3. The predicted molar refractivity (Wildman–Crippen MR) is 129 cm³/mol. The van der Waals surface area contributed by atoms with E-state index in [9.17, 15) is 12.8 Å². The summed E-state index contributed by atoms with van der Waals surface area (Å²) in [6.07, 6.45) is 10.2. The Labute approximate surface area is 197 Å². The summed E-state index contributed by atoms with van der Waals surface area (Å²) in [5, 5.41) is 0.834. The molecule has 10 heteroatoms. The molecule has 1 unspecified atom stereocenters. The quantitative estimate of drug-likeness (QED) is 0.259. The number of halogens is 3. The van der Waals surface area contributed by atoms with E-state index in [0.29, 0.717) is 9.39 Å². The van der Waals surface area contributed by atoms with Crippen molar-refractivity contribution < 1.29 is 12.8 Å². The Morgan fingerprint density at radius 1 is 1.19 bits per heavy atom. The fourth-order valence-corrected chi connectivity index (χ4v) is 5.10. The smallest absolute Gasteiger partial charge is 0.257 e. The van der Waals surface area contributed by atoms with Crippen LogP contribution in [0.25, 0.3) is 22.0 Å². The van der Waals surface area contributed by atoms with Crippen molar-refractivity contribution in [2.24, 2.45) is 0 Å². The lowest BCUT2D eigenvalue weighted by Gasteiger charge is -2.24. The summed E-state index contributed by atoms with van der Waals surface area (Å²) in [6, 6.07) is 5.03. The SMILES string of the molecule is CCc1cc(-c2cnc(NS(=O)(=O)C3(Cl)C=CC=CC3)c(F)c2)cc2cnc(I)nc12. The van der Waals surface area contributed by atoms with Gasteiger partial charge in [-0.2, -0.15) is 0 Å². The highest BCUT2D eigenvalue weighted by Crippen LogP contribution is 2.34. The molecule has 1 atom stereocenters. The number of rotatable bonds is 5. The van der Waals surface area contributed by atoms with Gasteiger partial charge in [0, 0.05) is 52.4 Å². The average Bonchev–Trinajstić information content (AvgIpc) is 2.74. The summed E-state index contributed by atoms with van der Waals surface area (Å²) in [5.74, 6) is -1.20. The zero-order valence-corrected chi connectivity index (χ0v) is 20.0. The maximum absolute atomic E-state index is 14.8. The molecule has 0 bridgehead atoms. The second kappa shape index (κ2) is 8.44. The Morgan fingerprint density at radius 2 is 2.00 bits per heavy atom. The van der Waals surface area contributed by atoms with Crippen LogP contribution < -0.4 is 4.72 Å². The average molecular weight is 571 g/mol. The summed E-state index contributed by atoms with van der Waals surface area (Å²) in [7, 11) is -4.12. The van der Waals surface area contributed by atoms with Gasteiger partial charge in [0.05, 0.1) is 5.52 Å². The molecule has 2 aromatic heterocycles. The fraction of sp³-hybridized carbons (Fsp3) is 0.190. The van der Waals surface area contributed by atoms with Crippen LogP contribution in [0.1, 0.15) is 18.9 Å². The summed E-state index contributed by atoms with van der Waals surface area (Å²) in [4.78, 5) is 12.7. The van der Waals surface area contributed by atoms with Crippen LogP contribution in [0.5, 0.6) is 0 Å². The number of benzene rings is 1. The number of aromatic nitrogens is 3. The van der Waals surface area contributed by atoms with E-state index >= 15 is 0 Å². The van der Waals surface area contributed by atoms with Gasteiger partial charge in [-0.05, 0) is 41.8 Å². The van der Waals surface area contributed by atoms with Crippen molar-refractivity contribution >= 4 is 60.9 Å². The molecule has 0 radical (unpaired) electrons. The van der Waals surface area contributed by atoms with E-state index in [1.54, 1.807) is 24.4 Å². The van der Waals surface area contributed by atoms with E-state index in [1.165, 1.54) is 18.3 Å². The lowest BCUT2D eigenvalue weighted by Crippen LogP contribution is -2.36. The molecule has 0 saturated heterocycles. The van der Waals surface area contributed by atoms with Crippen LogP contribution in [-0.4, -0.2) is 27.6 Å². The first-order valence-electron chi connectivity index (χ1n) is 9.39. The Bertz CT molecular complexity index is 1350. The van der Waals surface area contributed by atoms with Gasteiger partial charge in [0.2, 0.25) is 0 Å². The Morgan fingerprint density at radius 3 is 2.68 bits per heavy atom. The van der Waals surface area contributed by atoms with Gasteiger partial charge in [0.15, 0.2) is 19.7 Å². The lowest BCUT2D eigenvalue weighted by molar-refractivity contribution is 0.584. The molecular formula is C21H17ClFIN4O2S. The number of aryl methyl sites for hydroxylation is 1. The molecule has 0 aliphatic heterocycles. The van der Waals surface area contributed by atoms with E-state index in [0.717, 1.165) is 28.5 Å². The molecule has 160 valence electrons. The molecule has 1 aromatic carbocycles. The van der Waals surface area contributed by atoms with Gasteiger partial charge < -0.3 is 0 Å². The number of nitrogens with one attached hydrogen (secondary N) is 1. The first kappa shape index (κ1) is 22.1. The van der Waals surface area contributed by atoms with Gasteiger partial charge in [-0.25, -0.2) is 27.8 Å². The minimum absolute atomic E-state index is 0.0674. The molecule has 1 N–H and O–H groups in total. The summed E-state index contributed by atoms with van der Waals surface area (Å²) in [5.41, 5.74) is 3.10. The third-order valence-corrected chi connectivity index (χ3v) is 8.02. The summed E-state index contributed by atoms with van der Waals surface area (Å²) in [6.45, 7) is 2.02. The Kier molecular flexibility index (Phi) is 6.01. The van der Waals surface area contributed by atoms with Crippen molar-refractivity contribution in [2.75, 3.05) is 4.72 Å². The van der Waals surface area contributed by atoms with Crippen molar-refractivity contribution in [3.8, 4) is 11.1 Å². The molecule has 1 aliphatic rings.